The van der Waals surface area contributed by atoms with Crippen LogP contribution in [0.1, 0.15) is 18.5 Å². The third kappa shape index (κ3) is 3.83. The lowest BCUT2D eigenvalue weighted by Crippen LogP contribution is -2.30. The molecule has 0 aliphatic rings. The highest BCUT2D eigenvalue weighted by molar-refractivity contribution is 5.96. The molecule has 0 saturated heterocycles. The molecule has 1 atom stereocenters. The number of para-hydroxylation sites is 2. The first-order valence-electron chi connectivity index (χ1n) is 7.01. The van der Waals surface area contributed by atoms with Crippen molar-refractivity contribution in [1.82, 2.24) is 5.32 Å². The van der Waals surface area contributed by atoms with Crippen LogP contribution in [0, 0.1) is 0 Å². The van der Waals surface area contributed by atoms with Crippen LogP contribution < -0.4 is 15.4 Å². The van der Waals surface area contributed by atoms with E-state index in [0.717, 1.165) is 5.56 Å². The minimum absolute atomic E-state index is 0.115. The molecule has 0 spiro atoms. The number of nitrogens with one attached hydrogen (secondary N) is 2. The number of rotatable bonds is 6. The topological polar surface area (TPSA) is 50.4 Å². The Morgan fingerprint density at radius 3 is 2.43 bits per heavy atom. The molecule has 0 aliphatic heterocycles. The average molecular weight is 284 g/mol. The lowest BCUT2D eigenvalue weighted by molar-refractivity contribution is -0.118. The molecule has 0 saturated carbocycles. The molecule has 0 aliphatic carbocycles. The fourth-order valence-corrected chi connectivity index (χ4v) is 2.15. The molecule has 1 amide bonds. The molecule has 2 N–H and O–H groups in total. The smallest absolute Gasteiger partial charge is 0.246 e. The summed E-state index contributed by atoms with van der Waals surface area (Å²) < 4.78 is 5.52. The van der Waals surface area contributed by atoms with Gasteiger partial charge >= 0.3 is 0 Å². The normalized spacial score (nSPS) is 11.7. The van der Waals surface area contributed by atoms with Gasteiger partial charge in [0.2, 0.25) is 5.91 Å². The quantitative estimate of drug-likeness (QED) is 0.857. The number of anilines is 1. The molecular weight excluding hydrogens is 264 g/mol. The maximum Gasteiger partial charge on any atom is 0.246 e. The summed E-state index contributed by atoms with van der Waals surface area (Å²) in [6.07, 6.45) is 0. The third-order valence-corrected chi connectivity index (χ3v) is 3.13. The van der Waals surface area contributed by atoms with Crippen molar-refractivity contribution in [1.29, 1.82) is 0 Å². The number of carbonyl (C=O) groups is 1. The van der Waals surface area contributed by atoms with Crippen LogP contribution in [0.4, 0.5) is 5.69 Å². The summed E-state index contributed by atoms with van der Waals surface area (Å²) in [5.41, 5.74) is 1.60. The third-order valence-electron chi connectivity index (χ3n) is 3.13. The van der Waals surface area contributed by atoms with Crippen molar-refractivity contribution < 1.29 is 9.53 Å². The standard InChI is InChI=1S/C17H20N2O2/c1-3-21-15-12-8-7-11-14(15)19-17(20)16(18-2)13-9-5-4-6-10-13/h4-12,16,18H,3H2,1-2H3,(H,19,20). The molecule has 4 nitrogen and oxygen atoms in total. The van der Waals surface area contributed by atoms with Crippen LogP contribution >= 0.6 is 0 Å². The van der Waals surface area contributed by atoms with Gasteiger partial charge in [0.05, 0.1) is 12.3 Å². The molecule has 21 heavy (non-hydrogen) atoms. The Bertz CT molecular complexity index is 584. The summed E-state index contributed by atoms with van der Waals surface area (Å²) in [6.45, 7) is 2.47. The van der Waals surface area contributed by atoms with E-state index in [0.29, 0.717) is 18.0 Å². The highest BCUT2D eigenvalue weighted by Crippen LogP contribution is 2.25. The van der Waals surface area contributed by atoms with Gasteiger partial charge in [-0.25, -0.2) is 0 Å². The van der Waals surface area contributed by atoms with Gasteiger partial charge in [0.15, 0.2) is 0 Å². The molecule has 2 rings (SSSR count). The predicted molar refractivity (Wildman–Crippen MR) is 84.5 cm³/mol. The second-order valence-electron chi connectivity index (χ2n) is 4.55. The number of amides is 1. The van der Waals surface area contributed by atoms with Crippen molar-refractivity contribution in [3.05, 3.63) is 60.2 Å². The summed E-state index contributed by atoms with van der Waals surface area (Å²) in [5.74, 6) is 0.562. The number of benzene rings is 2. The zero-order valence-corrected chi connectivity index (χ0v) is 12.3. The van der Waals surface area contributed by atoms with Crippen LogP contribution in [0.2, 0.25) is 0 Å². The number of ether oxygens (including phenoxy) is 1. The van der Waals surface area contributed by atoms with E-state index in [1.165, 1.54) is 0 Å². The fraction of sp³-hybridized carbons (Fsp3) is 0.235. The Kier molecular flexibility index (Phi) is 5.35. The molecule has 0 fully saturated rings. The molecule has 2 aromatic carbocycles. The van der Waals surface area contributed by atoms with Gasteiger partial charge in [-0.1, -0.05) is 42.5 Å². The van der Waals surface area contributed by atoms with Gasteiger partial charge in [-0.3, -0.25) is 4.79 Å². The van der Waals surface area contributed by atoms with Gasteiger partial charge in [-0.15, -0.1) is 0 Å². The summed E-state index contributed by atoms with van der Waals surface area (Å²) in [4.78, 5) is 12.5. The maximum absolute atomic E-state index is 12.5. The Morgan fingerprint density at radius 2 is 1.76 bits per heavy atom. The lowest BCUT2D eigenvalue weighted by atomic mass is 10.1. The lowest BCUT2D eigenvalue weighted by Gasteiger charge is -2.18. The Morgan fingerprint density at radius 1 is 1.10 bits per heavy atom. The number of hydrogen-bond donors (Lipinski definition) is 2. The van der Waals surface area contributed by atoms with Crippen molar-refractivity contribution in [2.75, 3.05) is 19.0 Å². The van der Waals surface area contributed by atoms with Gasteiger partial charge in [0, 0.05) is 0 Å². The molecule has 4 heteroatoms. The van der Waals surface area contributed by atoms with Crippen molar-refractivity contribution >= 4 is 11.6 Å². The van der Waals surface area contributed by atoms with Gasteiger partial charge < -0.3 is 15.4 Å². The molecule has 1 unspecified atom stereocenters. The summed E-state index contributed by atoms with van der Waals surface area (Å²) in [6, 6.07) is 16.6. The molecule has 0 aromatic heterocycles. The molecule has 0 bridgehead atoms. The highest BCUT2D eigenvalue weighted by atomic mass is 16.5. The molecule has 0 radical (unpaired) electrons. The number of hydrogen-bond acceptors (Lipinski definition) is 3. The average Bonchev–Trinajstić information content (AvgIpc) is 2.51. The Balaban J connectivity index is 2.17. The number of likely N-dealkylation sites (N-methyl/N-ethyl adjacent to an activating group) is 1. The van der Waals surface area contributed by atoms with Crippen LogP contribution in [-0.2, 0) is 4.79 Å². The van der Waals surface area contributed by atoms with Crippen molar-refractivity contribution in [3.63, 3.8) is 0 Å². The van der Waals surface area contributed by atoms with Crippen molar-refractivity contribution in [3.8, 4) is 5.75 Å². The van der Waals surface area contributed by atoms with Crippen LogP contribution in [-0.4, -0.2) is 19.6 Å². The minimum Gasteiger partial charge on any atom is -0.492 e. The minimum atomic E-state index is -0.402. The predicted octanol–water partition coefficient (Wildman–Crippen LogP) is 2.98. The summed E-state index contributed by atoms with van der Waals surface area (Å²) in [5, 5.41) is 5.96. The SMILES string of the molecule is CCOc1ccccc1NC(=O)C(NC)c1ccccc1. The van der Waals surface area contributed by atoms with Crippen molar-refractivity contribution in [2.24, 2.45) is 0 Å². The maximum atomic E-state index is 12.5. The highest BCUT2D eigenvalue weighted by Gasteiger charge is 2.19. The van der Waals surface area contributed by atoms with E-state index in [2.05, 4.69) is 10.6 Å². The van der Waals surface area contributed by atoms with Crippen LogP contribution in [0.25, 0.3) is 0 Å². The Hall–Kier alpha value is -2.33. The van der Waals surface area contributed by atoms with E-state index in [1.54, 1.807) is 7.05 Å². The summed E-state index contributed by atoms with van der Waals surface area (Å²) in [7, 11) is 1.77. The number of carbonyl (C=O) groups excluding carboxylic acids is 1. The monoisotopic (exact) mass is 284 g/mol. The first kappa shape index (κ1) is 15.1. The van der Waals surface area contributed by atoms with Crippen LogP contribution in [0.3, 0.4) is 0 Å². The van der Waals surface area contributed by atoms with Gasteiger partial charge in [-0.05, 0) is 31.7 Å². The molecule has 2 aromatic rings. The van der Waals surface area contributed by atoms with E-state index in [1.807, 2.05) is 61.5 Å². The Labute approximate surface area is 125 Å². The second kappa shape index (κ2) is 7.45. The van der Waals surface area contributed by atoms with E-state index in [-0.39, 0.29) is 5.91 Å². The molecule has 110 valence electrons. The van der Waals surface area contributed by atoms with E-state index in [9.17, 15) is 4.79 Å². The van der Waals surface area contributed by atoms with E-state index >= 15 is 0 Å². The largest absolute Gasteiger partial charge is 0.492 e. The van der Waals surface area contributed by atoms with Gasteiger partial charge in [0.25, 0.3) is 0 Å². The van der Waals surface area contributed by atoms with Crippen LogP contribution in [0.5, 0.6) is 5.75 Å². The second-order valence-corrected chi connectivity index (χ2v) is 4.55. The first-order chi connectivity index (χ1) is 10.3. The first-order valence-corrected chi connectivity index (χ1v) is 7.01. The van der Waals surface area contributed by atoms with Gasteiger partial charge in [0.1, 0.15) is 11.8 Å². The van der Waals surface area contributed by atoms with Gasteiger partial charge in [-0.2, -0.15) is 0 Å². The zero-order valence-electron chi connectivity index (χ0n) is 12.3. The zero-order chi connectivity index (χ0) is 15.1. The van der Waals surface area contributed by atoms with Crippen molar-refractivity contribution in [2.45, 2.75) is 13.0 Å². The van der Waals surface area contributed by atoms with Crippen LogP contribution in [0.15, 0.2) is 54.6 Å². The van der Waals surface area contributed by atoms with E-state index < -0.39 is 6.04 Å². The van der Waals surface area contributed by atoms with E-state index in [4.69, 9.17) is 4.74 Å². The fourth-order valence-electron chi connectivity index (χ4n) is 2.15. The molecule has 0 heterocycles. The summed E-state index contributed by atoms with van der Waals surface area (Å²) >= 11 is 0. The molecular formula is C17H20N2O2.